The summed E-state index contributed by atoms with van der Waals surface area (Å²) in [6, 6.07) is 0. The Hall–Kier alpha value is -1.39. The van der Waals surface area contributed by atoms with Gasteiger partial charge in [0, 0.05) is 0 Å². The fourth-order valence-electron chi connectivity index (χ4n) is 0.401. The number of amides is 2. The molecular weight excluding hydrogens is 124 g/mol. The molecule has 0 aliphatic carbocycles. The van der Waals surface area contributed by atoms with Gasteiger partial charge in [-0.3, -0.25) is 14.4 Å². The van der Waals surface area contributed by atoms with Gasteiger partial charge in [0.15, 0.2) is 0 Å². The Kier molecular flexibility index (Phi) is 1.18. The molecule has 1 heterocycles. The van der Waals surface area contributed by atoms with Crippen LogP contribution in [0.15, 0.2) is 0 Å². The molecule has 0 aromatic heterocycles. The van der Waals surface area contributed by atoms with Crippen LogP contribution in [0.4, 0.5) is 0 Å². The molecule has 1 rings (SSSR count). The number of carbonyl (C=O) groups is 3. The lowest BCUT2D eigenvalue weighted by Gasteiger charge is -2.08. The fourth-order valence-corrected chi connectivity index (χ4v) is 0.401. The van der Waals surface area contributed by atoms with Crippen LogP contribution in [0.3, 0.4) is 0 Å². The molecular formula is C4H3N2O3. The number of carbonyl (C=O) groups excluding carboxylic acids is 3. The van der Waals surface area contributed by atoms with Gasteiger partial charge in [-0.2, -0.15) is 0 Å². The zero-order chi connectivity index (χ0) is 6.85. The Labute approximate surface area is 50.4 Å². The predicted octanol–water partition coefficient (Wildman–Crippen LogP) is -2.08. The van der Waals surface area contributed by atoms with E-state index < -0.39 is 17.6 Å². The Morgan fingerprint density at radius 2 is 1.44 bits per heavy atom. The topological polar surface area (TPSA) is 75.3 Å². The summed E-state index contributed by atoms with van der Waals surface area (Å²) >= 11 is 0. The van der Waals surface area contributed by atoms with Crippen molar-refractivity contribution < 1.29 is 14.4 Å². The molecule has 0 spiro atoms. The fraction of sp³-hybridized carbons (Fsp3) is 0. The van der Waals surface area contributed by atoms with E-state index in [2.05, 4.69) is 0 Å². The third kappa shape index (κ3) is 0.883. The summed E-state index contributed by atoms with van der Waals surface area (Å²) in [7, 11) is 0. The van der Waals surface area contributed by atoms with Crippen molar-refractivity contribution in [2.75, 3.05) is 0 Å². The molecule has 0 saturated carbocycles. The van der Waals surface area contributed by atoms with Crippen molar-refractivity contribution >= 4 is 17.6 Å². The van der Waals surface area contributed by atoms with Crippen LogP contribution in [-0.4, -0.2) is 17.6 Å². The largest absolute Gasteiger partial charge is 0.325 e. The van der Waals surface area contributed by atoms with Gasteiger partial charge < -0.3 is 10.6 Å². The first-order valence-electron chi connectivity index (χ1n) is 2.19. The van der Waals surface area contributed by atoms with E-state index in [1.165, 1.54) is 0 Å². The van der Waals surface area contributed by atoms with Gasteiger partial charge in [0.1, 0.15) is 6.67 Å². The Balaban J connectivity index is 2.74. The van der Waals surface area contributed by atoms with Gasteiger partial charge in [-0.15, -0.1) is 0 Å². The monoisotopic (exact) mass is 127 g/mol. The van der Waals surface area contributed by atoms with Crippen molar-refractivity contribution in [1.29, 1.82) is 0 Å². The minimum absolute atomic E-state index is 0.890. The SMILES string of the molecule is O=C1N[CH]NC(=O)C1=O. The van der Waals surface area contributed by atoms with Crippen LogP contribution in [0, 0.1) is 6.67 Å². The van der Waals surface area contributed by atoms with Crippen LogP contribution in [0.2, 0.25) is 0 Å². The van der Waals surface area contributed by atoms with Crippen LogP contribution >= 0.6 is 0 Å². The molecule has 1 radical (unpaired) electrons. The lowest BCUT2D eigenvalue weighted by molar-refractivity contribution is -0.146. The number of nitrogens with one attached hydrogen (secondary N) is 2. The van der Waals surface area contributed by atoms with Crippen molar-refractivity contribution in [2.24, 2.45) is 0 Å². The highest BCUT2D eigenvalue weighted by atomic mass is 16.2. The summed E-state index contributed by atoms with van der Waals surface area (Å²) in [5, 5.41) is 4.03. The van der Waals surface area contributed by atoms with Gasteiger partial charge in [0.25, 0.3) is 11.8 Å². The second-order valence-electron chi connectivity index (χ2n) is 1.42. The Bertz CT molecular complexity index is 168. The maximum atomic E-state index is 10.3. The second kappa shape index (κ2) is 1.85. The van der Waals surface area contributed by atoms with Crippen LogP contribution < -0.4 is 10.6 Å². The minimum Gasteiger partial charge on any atom is -0.325 e. The standard InChI is InChI=1S/C4H3N2O3/c7-2-3(8)5-1-6-4(2)9/h1H,(H,5,8)(H,6,9). The molecule has 2 amide bonds. The quantitative estimate of drug-likeness (QED) is 0.367. The average molecular weight is 127 g/mol. The molecule has 1 fully saturated rings. The molecule has 5 nitrogen and oxygen atoms in total. The number of rotatable bonds is 0. The minimum atomic E-state index is -1.06. The lowest BCUT2D eigenvalue weighted by Crippen LogP contribution is -2.49. The highest BCUT2D eigenvalue weighted by molar-refractivity contribution is 6.63. The summed E-state index contributed by atoms with van der Waals surface area (Å²) < 4.78 is 0. The van der Waals surface area contributed by atoms with Gasteiger partial charge in [-0.05, 0) is 0 Å². The molecule has 1 aliphatic heterocycles. The first-order valence-corrected chi connectivity index (χ1v) is 2.19. The highest BCUT2D eigenvalue weighted by Gasteiger charge is 2.26. The predicted molar refractivity (Wildman–Crippen MR) is 25.6 cm³/mol. The van der Waals surface area contributed by atoms with E-state index >= 15 is 0 Å². The molecule has 0 aromatic carbocycles. The van der Waals surface area contributed by atoms with Crippen LogP contribution in [0.25, 0.3) is 0 Å². The highest BCUT2D eigenvalue weighted by Crippen LogP contribution is 1.81. The van der Waals surface area contributed by atoms with E-state index in [9.17, 15) is 14.4 Å². The maximum Gasteiger partial charge on any atom is 0.307 e. The van der Waals surface area contributed by atoms with E-state index in [0.717, 1.165) is 6.67 Å². The number of Topliss-reactive ketones (excluding diaryl/α,β-unsaturated/α-hetero) is 1. The second-order valence-corrected chi connectivity index (χ2v) is 1.42. The summed E-state index contributed by atoms with van der Waals surface area (Å²) in [6.45, 7) is 1.02. The maximum absolute atomic E-state index is 10.3. The zero-order valence-electron chi connectivity index (χ0n) is 4.30. The first-order chi connectivity index (χ1) is 4.22. The van der Waals surface area contributed by atoms with E-state index in [1.54, 1.807) is 0 Å². The molecule has 9 heavy (non-hydrogen) atoms. The van der Waals surface area contributed by atoms with Crippen molar-refractivity contribution in [3.8, 4) is 0 Å². The molecule has 0 unspecified atom stereocenters. The van der Waals surface area contributed by atoms with Gasteiger partial charge in [0.2, 0.25) is 0 Å². The third-order valence-corrected chi connectivity index (χ3v) is 0.819. The summed E-state index contributed by atoms with van der Waals surface area (Å²) in [4.78, 5) is 30.8. The summed E-state index contributed by atoms with van der Waals surface area (Å²) in [5.41, 5.74) is 0. The van der Waals surface area contributed by atoms with Crippen molar-refractivity contribution in [3.05, 3.63) is 6.67 Å². The van der Waals surface area contributed by atoms with E-state index in [-0.39, 0.29) is 0 Å². The van der Waals surface area contributed by atoms with Crippen LogP contribution in [-0.2, 0) is 14.4 Å². The van der Waals surface area contributed by atoms with Crippen LogP contribution in [0.1, 0.15) is 0 Å². The number of ketones is 1. The summed E-state index contributed by atoms with van der Waals surface area (Å²) in [6.07, 6.45) is 0. The van der Waals surface area contributed by atoms with Gasteiger partial charge in [0.05, 0.1) is 0 Å². The smallest absolute Gasteiger partial charge is 0.307 e. The lowest BCUT2D eigenvalue weighted by atomic mass is 10.3. The van der Waals surface area contributed by atoms with E-state index in [1.807, 2.05) is 10.6 Å². The van der Waals surface area contributed by atoms with E-state index in [0.29, 0.717) is 0 Å². The summed E-state index contributed by atoms with van der Waals surface area (Å²) in [5.74, 6) is -2.84. The van der Waals surface area contributed by atoms with Crippen LogP contribution in [0.5, 0.6) is 0 Å². The van der Waals surface area contributed by atoms with Crippen molar-refractivity contribution in [2.45, 2.75) is 0 Å². The number of hydrogen-bond donors (Lipinski definition) is 2. The average Bonchev–Trinajstić information content (AvgIpc) is 1.83. The van der Waals surface area contributed by atoms with Gasteiger partial charge >= 0.3 is 5.78 Å². The normalized spacial score (nSPS) is 18.9. The Morgan fingerprint density at radius 1 is 1.00 bits per heavy atom. The molecule has 5 heteroatoms. The van der Waals surface area contributed by atoms with E-state index in [4.69, 9.17) is 0 Å². The zero-order valence-corrected chi connectivity index (χ0v) is 4.30. The van der Waals surface area contributed by atoms with Gasteiger partial charge in [-0.1, -0.05) is 0 Å². The van der Waals surface area contributed by atoms with Crippen molar-refractivity contribution in [1.82, 2.24) is 10.6 Å². The Morgan fingerprint density at radius 3 is 1.78 bits per heavy atom. The molecule has 47 valence electrons. The first kappa shape index (κ1) is 5.74. The van der Waals surface area contributed by atoms with Crippen molar-refractivity contribution in [3.63, 3.8) is 0 Å². The number of hydrogen-bond acceptors (Lipinski definition) is 3. The molecule has 0 bridgehead atoms. The molecule has 2 N–H and O–H groups in total. The molecule has 1 aliphatic rings. The third-order valence-electron chi connectivity index (χ3n) is 0.819. The molecule has 0 aromatic rings. The molecule has 1 saturated heterocycles. The molecule has 0 atom stereocenters. The van der Waals surface area contributed by atoms with Gasteiger partial charge in [-0.25, -0.2) is 0 Å².